The molecule has 0 atom stereocenters. The van der Waals surface area contributed by atoms with E-state index in [4.69, 9.17) is 5.53 Å². The van der Waals surface area contributed by atoms with Gasteiger partial charge in [-0.15, -0.1) is 0 Å². The van der Waals surface area contributed by atoms with Crippen LogP contribution in [0, 0.1) is 13.8 Å². The fraction of sp³-hybridized carbons (Fsp3) is 0.500. The van der Waals surface area contributed by atoms with E-state index in [9.17, 15) is 0 Å². The summed E-state index contributed by atoms with van der Waals surface area (Å²) in [5, 5.41) is 8.13. The van der Waals surface area contributed by atoms with Crippen LogP contribution in [-0.4, -0.2) is 16.8 Å². The highest BCUT2D eigenvalue weighted by molar-refractivity contribution is 5.52. The predicted molar refractivity (Wildman–Crippen MR) is 62.0 cm³/mol. The third-order valence-corrected chi connectivity index (χ3v) is 2.82. The molecule has 0 saturated carbocycles. The van der Waals surface area contributed by atoms with Crippen molar-refractivity contribution in [2.45, 2.75) is 26.8 Å². The van der Waals surface area contributed by atoms with Crippen LogP contribution >= 0.6 is 0 Å². The minimum absolute atomic E-state index is 0.710. The molecule has 84 valence electrons. The van der Waals surface area contributed by atoms with Gasteiger partial charge in [0.25, 0.3) is 0 Å². The van der Waals surface area contributed by atoms with Gasteiger partial charge >= 0.3 is 0 Å². The Morgan fingerprint density at radius 2 is 2.25 bits per heavy atom. The predicted octanol–water partition coefficient (Wildman–Crippen LogP) is 2.49. The van der Waals surface area contributed by atoms with Crippen LogP contribution in [0.15, 0.2) is 17.0 Å². The lowest BCUT2D eigenvalue weighted by atomic mass is 10.2. The number of aromatic nitrogens is 2. The maximum atomic E-state index is 8.44. The van der Waals surface area contributed by atoms with Crippen molar-refractivity contribution in [3.8, 4) is 0 Å². The summed E-state index contributed by atoms with van der Waals surface area (Å²) in [5.41, 5.74) is 11.4. The Balaban J connectivity index is 2.46. The first kappa shape index (κ1) is 10.6. The Hall–Kier alpha value is -1.94. The Morgan fingerprint density at radius 1 is 1.50 bits per heavy atom. The van der Waals surface area contributed by atoms with Crippen LogP contribution in [0.25, 0.3) is 10.4 Å². The first-order valence-electron chi connectivity index (χ1n) is 5.16. The van der Waals surface area contributed by atoms with Gasteiger partial charge in [-0.1, -0.05) is 5.11 Å². The number of rotatable bonds is 1. The number of fused-ring (bicyclic) bond motifs is 1. The lowest BCUT2D eigenvalue weighted by molar-refractivity contribution is 0.615. The summed E-state index contributed by atoms with van der Waals surface area (Å²) in [7, 11) is 1.94. The molecule has 0 fully saturated rings. The summed E-state index contributed by atoms with van der Waals surface area (Å²) in [4.78, 5) is 4.79. The highest BCUT2D eigenvalue weighted by atomic mass is 15.4. The molecule has 1 aliphatic heterocycles. The first-order valence-corrected chi connectivity index (χ1v) is 5.16. The molecular formula is C10H14N6. The summed E-state index contributed by atoms with van der Waals surface area (Å²) in [6, 6.07) is 0. The fourth-order valence-corrected chi connectivity index (χ4v) is 1.96. The number of allylic oxidation sites excluding steroid dienone is 1. The van der Waals surface area contributed by atoms with Gasteiger partial charge in [-0.2, -0.15) is 5.10 Å². The SMILES string of the molecule is Cc1nn2c(c1C)N(C)C=C(N=[N+]=[N-])CC2. The van der Waals surface area contributed by atoms with Crippen LogP contribution < -0.4 is 4.90 Å². The van der Waals surface area contributed by atoms with Crippen LogP contribution in [0.5, 0.6) is 0 Å². The zero-order chi connectivity index (χ0) is 11.7. The van der Waals surface area contributed by atoms with Crippen LogP contribution in [0.3, 0.4) is 0 Å². The van der Waals surface area contributed by atoms with Crippen molar-refractivity contribution in [1.82, 2.24) is 9.78 Å². The highest BCUT2D eigenvalue weighted by Gasteiger charge is 2.17. The molecule has 0 amide bonds. The van der Waals surface area contributed by atoms with Crippen LogP contribution in [-0.2, 0) is 6.54 Å². The summed E-state index contributed by atoms with van der Waals surface area (Å²) in [6.45, 7) is 4.80. The molecule has 1 aliphatic rings. The van der Waals surface area contributed by atoms with Crippen molar-refractivity contribution in [2.24, 2.45) is 5.11 Å². The van der Waals surface area contributed by atoms with Gasteiger partial charge in [0, 0.05) is 36.0 Å². The lowest BCUT2D eigenvalue weighted by Crippen LogP contribution is -2.13. The number of anilines is 1. The molecule has 1 aromatic rings. The van der Waals surface area contributed by atoms with E-state index in [2.05, 4.69) is 22.0 Å². The van der Waals surface area contributed by atoms with Crippen molar-refractivity contribution in [3.05, 3.63) is 33.6 Å². The van der Waals surface area contributed by atoms with Crippen LogP contribution in [0.1, 0.15) is 17.7 Å². The number of aryl methyl sites for hydroxylation is 2. The smallest absolute Gasteiger partial charge is 0.133 e. The Kier molecular flexibility index (Phi) is 2.58. The fourth-order valence-electron chi connectivity index (χ4n) is 1.96. The summed E-state index contributed by atoms with van der Waals surface area (Å²) in [6.07, 6.45) is 2.58. The molecular weight excluding hydrogens is 204 g/mol. The Morgan fingerprint density at radius 3 is 2.94 bits per heavy atom. The van der Waals surface area contributed by atoms with Gasteiger partial charge in [0.05, 0.1) is 5.69 Å². The van der Waals surface area contributed by atoms with E-state index in [-0.39, 0.29) is 0 Å². The third-order valence-electron chi connectivity index (χ3n) is 2.82. The molecule has 16 heavy (non-hydrogen) atoms. The lowest BCUT2D eigenvalue weighted by Gasteiger charge is -2.14. The molecule has 0 N–H and O–H groups in total. The van der Waals surface area contributed by atoms with Gasteiger partial charge in [-0.3, -0.25) is 0 Å². The number of azide groups is 1. The summed E-state index contributed by atoms with van der Waals surface area (Å²) < 4.78 is 1.96. The Labute approximate surface area is 93.8 Å². The molecule has 6 nitrogen and oxygen atoms in total. The minimum atomic E-state index is 0.710. The zero-order valence-corrected chi connectivity index (χ0v) is 9.67. The molecule has 0 unspecified atom stereocenters. The second-order valence-electron chi connectivity index (χ2n) is 3.93. The van der Waals surface area contributed by atoms with Crippen LogP contribution in [0.4, 0.5) is 5.82 Å². The van der Waals surface area contributed by atoms with Gasteiger partial charge < -0.3 is 4.90 Å². The first-order chi connectivity index (χ1) is 7.63. The van der Waals surface area contributed by atoms with Crippen LogP contribution in [0.2, 0.25) is 0 Å². The van der Waals surface area contributed by atoms with Gasteiger partial charge in [-0.25, -0.2) is 4.68 Å². The van der Waals surface area contributed by atoms with Gasteiger partial charge in [0.1, 0.15) is 5.82 Å². The molecule has 0 spiro atoms. The largest absolute Gasteiger partial charge is 0.336 e. The van der Waals surface area contributed by atoms with Crippen molar-refractivity contribution < 1.29 is 0 Å². The summed E-state index contributed by atoms with van der Waals surface area (Å²) >= 11 is 0. The zero-order valence-electron chi connectivity index (χ0n) is 9.67. The normalized spacial score (nSPS) is 14.9. The maximum Gasteiger partial charge on any atom is 0.133 e. The molecule has 0 saturated heterocycles. The van der Waals surface area contributed by atoms with Gasteiger partial charge in [0.2, 0.25) is 0 Å². The van der Waals surface area contributed by atoms with Crippen molar-refractivity contribution in [3.63, 3.8) is 0 Å². The van der Waals surface area contributed by atoms with Crippen molar-refractivity contribution in [1.29, 1.82) is 0 Å². The number of nitrogens with zero attached hydrogens (tertiary/aromatic N) is 6. The van der Waals surface area contributed by atoms with E-state index in [1.165, 1.54) is 5.56 Å². The quantitative estimate of drug-likeness (QED) is 0.412. The number of hydrogen-bond donors (Lipinski definition) is 0. The van der Waals surface area contributed by atoms with Gasteiger partial charge in [-0.05, 0) is 25.8 Å². The van der Waals surface area contributed by atoms with E-state index in [1.807, 2.05) is 29.8 Å². The molecule has 2 rings (SSSR count). The summed E-state index contributed by atoms with van der Waals surface area (Å²) in [5.74, 6) is 1.07. The third kappa shape index (κ3) is 1.63. The standard InChI is InChI=1S/C10H14N6/c1-7-8(2)13-16-5-4-9(12-14-11)6-15(3)10(7)16/h6H,4-5H2,1-3H3. The topological polar surface area (TPSA) is 69.8 Å². The molecule has 0 radical (unpaired) electrons. The van der Waals surface area contributed by atoms with E-state index in [1.54, 1.807) is 0 Å². The monoisotopic (exact) mass is 218 g/mol. The second kappa shape index (κ2) is 3.90. The average molecular weight is 218 g/mol. The molecule has 0 bridgehead atoms. The second-order valence-corrected chi connectivity index (χ2v) is 3.93. The Bertz CT molecular complexity index is 492. The van der Waals surface area contributed by atoms with E-state index >= 15 is 0 Å². The molecule has 6 heteroatoms. The van der Waals surface area contributed by atoms with E-state index in [0.717, 1.165) is 23.8 Å². The maximum absolute atomic E-state index is 8.44. The average Bonchev–Trinajstić information content (AvgIpc) is 2.41. The van der Waals surface area contributed by atoms with Crippen molar-refractivity contribution >= 4 is 5.82 Å². The highest BCUT2D eigenvalue weighted by Crippen LogP contribution is 2.26. The molecule has 0 aromatic carbocycles. The molecule has 1 aromatic heterocycles. The number of hydrogen-bond acceptors (Lipinski definition) is 3. The van der Waals surface area contributed by atoms with E-state index < -0.39 is 0 Å². The molecule has 2 heterocycles. The minimum Gasteiger partial charge on any atom is -0.336 e. The molecule has 0 aliphatic carbocycles. The van der Waals surface area contributed by atoms with Crippen molar-refractivity contribution in [2.75, 3.05) is 11.9 Å². The van der Waals surface area contributed by atoms with Gasteiger partial charge in [0.15, 0.2) is 0 Å². The van der Waals surface area contributed by atoms with E-state index in [0.29, 0.717) is 6.42 Å².